The van der Waals surface area contributed by atoms with Gasteiger partial charge >= 0.3 is 12.7 Å². The van der Waals surface area contributed by atoms with Gasteiger partial charge in [-0.2, -0.15) is 5.10 Å². The zero-order chi connectivity index (χ0) is 27.7. The molecule has 4 rings (SSSR count). The summed E-state index contributed by atoms with van der Waals surface area (Å²) >= 11 is 0. The molecule has 8 nitrogen and oxygen atoms in total. The molecule has 0 saturated carbocycles. The number of halogens is 6. The van der Waals surface area contributed by atoms with E-state index in [1.807, 2.05) is 0 Å². The summed E-state index contributed by atoms with van der Waals surface area (Å²) in [6, 6.07) is 8.03. The number of carbonyl (C=O) groups is 2. The molecule has 1 fully saturated rings. The fourth-order valence-electron chi connectivity index (χ4n) is 4.09. The molecule has 14 heteroatoms. The van der Waals surface area contributed by atoms with E-state index in [1.54, 1.807) is 34.8 Å². The van der Waals surface area contributed by atoms with Gasteiger partial charge in [-0.25, -0.2) is 0 Å². The Morgan fingerprint density at radius 1 is 1.05 bits per heavy atom. The Kier molecular flexibility index (Phi) is 7.54. The number of ether oxygens (including phenoxy) is 2. The van der Waals surface area contributed by atoms with Gasteiger partial charge in [0.05, 0.1) is 12.1 Å². The fourth-order valence-corrected chi connectivity index (χ4v) is 4.09. The summed E-state index contributed by atoms with van der Waals surface area (Å²) in [5.41, 5.74) is 1.78. The average Bonchev–Trinajstić information content (AvgIpc) is 3.17. The first-order valence-electron chi connectivity index (χ1n) is 11.4. The van der Waals surface area contributed by atoms with E-state index in [1.165, 1.54) is 12.1 Å². The standard InChI is InChI=1S/C24H22F6N4O4/c1-14-8-20-17(9-19(14)21(35)31-6-7-37-23(25,26)27)13-34(32-20)12-15-10-33(11-15)22(36)16-2-4-18(5-3-16)38-24(28,29)30/h2-5,8-9,13,15H,6-7,10-12H2,1H3,(H,31,35). The summed E-state index contributed by atoms with van der Waals surface area (Å²) in [6.07, 6.45) is -7.84. The molecule has 0 aliphatic carbocycles. The lowest BCUT2D eigenvalue weighted by Gasteiger charge is -2.39. The summed E-state index contributed by atoms with van der Waals surface area (Å²) in [5.74, 6) is -1.15. The number of aryl methyl sites for hydroxylation is 1. The maximum Gasteiger partial charge on any atom is 0.573 e. The average molecular weight is 544 g/mol. The minimum absolute atomic E-state index is 0.0959. The van der Waals surface area contributed by atoms with E-state index in [0.717, 1.165) is 12.1 Å². The van der Waals surface area contributed by atoms with Crippen molar-refractivity contribution in [2.75, 3.05) is 26.2 Å². The molecule has 0 spiro atoms. The van der Waals surface area contributed by atoms with Gasteiger partial charge in [0.2, 0.25) is 0 Å². The van der Waals surface area contributed by atoms with Crippen molar-refractivity contribution in [1.82, 2.24) is 20.0 Å². The summed E-state index contributed by atoms with van der Waals surface area (Å²) in [4.78, 5) is 26.6. The number of benzene rings is 2. The van der Waals surface area contributed by atoms with Crippen LogP contribution in [-0.4, -0.2) is 65.5 Å². The Balaban J connectivity index is 1.31. The largest absolute Gasteiger partial charge is 0.573 e. The molecular formula is C24H22F6N4O4. The number of fused-ring (bicyclic) bond motifs is 1. The molecule has 0 atom stereocenters. The van der Waals surface area contributed by atoms with Gasteiger partial charge in [-0.1, -0.05) is 0 Å². The third-order valence-corrected chi connectivity index (χ3v) is 5.82. The Morgan fingerprint density at radius 2 is 1.74 bits per heavy atom. The number of hydrogen-bond acceptors (Lipinski definition) is 5. The van der Waals surface area contributed by atoms with Gasteiger partial charge in [0, 0.05) is 54.8 Å². The van der Waals surface area contributed by atoms with Crippen molar-refractivity contribution in [3.8, 4) is 5.75 Å². The van der Waals surface area contributed by atoms with E-state index in [9.17, 15) is 35.9 Å². The van der Waals surface area contributed by atoms with Gasteiger partial charge in [-0.05, 0) is 48.9 Å². The second-order valence-corrected chi connectivity index (χ2v) is 8.78. The number of nitrogens with one attached hydrogen (secondary N) is 1. The van der Waals surface area contributed by atoms with Crippen LogP contribution in [-0.2, 0) is 11.3 Å². The molecule has 0 bridgehead atoms. The maximum atomic E-state index is 12.6. The Morgan fingerprint density at radius 3 is 2.37 bits per heavy atom. The number of amides is 2. The second-order valence-electron chi connectivity index (χ2n) is 8.78. The number of aromatic nitrogens is 2. The lowest BCUT2D eigenvalue weighted by Crippen LogP contribution is -2.51. The van der Waals surface area contributed by atoms with Crippen LogP contribution in [0.5, 0.6) is 5.75 Å². The second kappa shape index (κ2) is 10.5. The van der Waals surface area contributed by atoms with Crippen LogP contribution in [0.3, 0.4) is 0 Å². The molecule has 1 N–H and O–H groups in total. The van der Waals surface area contributed by atoms with Crippen LogP contribution in [0.2, 0.25) is 0 Å². The van der Waals surface area contributed by atoms with E-state index in [4.69, 9.17) is 0 Å². The molecule has 2 amide bonds. The van der Waals surface area contributed by atoms with E-state index in [2.05, 4.69) is 19.9 Å². The highest BCUT2D eigenvalue weighted by molar-refractivity contribution is 5.99. The molecule has 1 aromatic heterocycles. The highest BCUT2D eigenvalue weighted by Crippen LogP contribution is 2.26. The molecule has 1 aliphatic rings. The van der Waals surface area contributed by atoms with Crippen LogP contribution >= 0.6 is 0 Å². The number of carbonyl (C=O) groups excluding carboxylic acids is 2. The van der Waals surface area contributed by atoms with Crippen molar-refractivity contribution >= 4 is 22.7 Å². The van der Waals surface area contributed by atoms with E-state index in [0.29, 0.717) is 41.7 Å². The van der Waals surface area contributed by atoms with Gasteiger partial charge in [0.15, 0.2) is 0 Å². The number of alkyl halides is 6. The molecule has 2 aromatic carbocycles. The first kappa shape index (κ1) is 27.2. The van der Waals surface area contributed by atoms with Crippen LogP contribution < -0.4 is 10.1 Å². The van der Waals surface area contributed by atoms with Gasteiger partial charge in [-0.3, -0.25) is 19.0 Å². The van der Waals surface area contributed by atoms with Crippen LogP contribution in [0.4, 0.5) is 26.3 Å². The van der Waals surface area contributed by atoms with Crippen molar-refractivity contribution in [2.45, 2.75) is 26.2 Å². The normalized spacial score (nSPS) is 14.4. The molecule has 204 valence electrons. The summed E-state index contributed by atoms with van der Waals surface area (Å²) in [7, 11) is 0. The van der Waals surface area contributed by atoms with Gasteiger partial charge in [-0.15, -0.1) is 26.3 Å². The zero-order valence-corrected chi connectivity index (χ0v) is 19.9. The number of likely N-dealkylation sites (tertiary alicyclic amines) is 1. The van der Waals surface area contributed by atoms with Crippen molar-refractivity contribution in [3.63, 3.8) is 0 Å². The van der Waals surface area contributed by atoms with E-state index < -0.39 is 31.0 Å². The minimum atomic E-state index is -4.81. The van der Waals surface area contributed by atoms with Gasteiger partial charge in [0.25, 0.3) is 11.8 Å². The van der Waals surface area contributed by atoms with Gasteiger partial charge in [0.1, 0.15) is 5.75 Å². The van der Waals surface area contributed by atoms with Crippen LogP contribution in [0.1, 0.15) is 26.3 Å². The van der Waals surface area contributed by atoms with Crippen molar-refractivity contribution in [2.24, 2.45) is 5.92 Å². The van der Waals surface area contributed by atoms with E-state index >= 15 is 0 Å². The summed E-state index contributed by atoms with van der Waals surface area (Å²) < 4.78 is 82.2. The monoisotopic (exact) mass is 544 g/mol. The predicted octanol–water partition coefficient (Wildman–Crippen LogP) is 4.28. The van der Waals surface area contributed by atoms with Gasteiger partial charge < -0.3 is 15.0 Å². The smallest absolute Gasteiger partial charge is 0.406 e. The molecule has 2 heterocycles. The lowest BCUT2D eigenvalue weighted by molar-refractivity contribution is -0.323. The molecule has 3 aromatic rings. The number of hydrogen-bond donors (Lipinski definition) is 1. The molecular weight excluding hydrogens is 522 g/mol. The quantitative estimate of drug-likeness (QED) is 0.338. The van der Waals surface area contributed by atoms with Crippen LogP contribution in [0.25, 0.3) is 10.9 Å². The fraction of sp³-hybridized carbons (Fsp3) is 0.375. The zero-order valence-electron chi connectivity index (χ0n) is 19.9. The third-order valence-electron chi connectivity index (χ3n) is 5.82. The van der Waals surface area contributed by atoms with Crippen molar-refractivity contribution in [3.05, 3.63) is 59.3 Å². The number of nitrogens with zero attached hydrogens (tertiary/aromatic N) is 3. The lowest BCUT2D eigenvalue weighted by atomic mass is 9.99. The van der Waals surface area contributed by atoms with Crippen LogP contribution in [0.15, 0.2) is 42.6 Å². The highest BCUT2D eigenvalue weighted by atomic mass is 19.4. The van der Waals surface area contributed by atoms with Crippen molar-refractivity contribution < 1.29 is 45.4 Å². The molecule has 0 unspecified atom stereocenters. The molecule has 1 saturated heterocycles. The molecule has 38 heavy (non-hydrogen) atoms. The van der Waals surface area contributed by atoms with Crippen molar-refractivity contribution in [1.29, 1.82) is 0 Å². The third kappa shape index (κ3) is 6.94. The minimum Gasteiger partial charge on any atom is -0.406 e. The Bertz CT molecular complexity index is 1310. The topological polar surface area (TPSA) is 85.7 Å². The Labute approximate surface area is 212 Å². The number of rotatable bonds is 8. The molecule has 1 aliphatic heterocycles. The predicted molar refractivity (Wildman–Crippen MR) is 121 cm³/mol. The van der Waals surface area contributed by atoms with Crippen LogP contribution in [0, 0.1) is 12.8 Å². The summed E-state index contributed by atoms with van der Waals surface area (Å²) in [5, 5.41) is 7.55. The van der Waals surface area contributed by atoms with E-state index in [-0.39, 0.29) is 23.9 Å². The maximum absolute atomic E-state index is 12.6. The molecule has 0 radical (unpaired) electrons. The first-order chi connectivity index (χ1) is 17.8. The SMILES string of the molecule is Cc1cc2nn(CC3CN(C(=O)c4ccc(OC(F)(F)F)cc4)C3)cc2cc1C(=O)NCCOC(F)(F)F. The first-order valence-corrected chi connectivity index (χ1v) is 11.4. The highest BCUT2D eigenvalue weighted by Gasteiger charge is 2.33. The summed E-state index contributed by atoms with van der Waals surface area (Å²) in [6.45, 7) is 2.04. The Hall–Kier alpha value is -3.81.